The highest BCUT2D eigenvalue weighted by molar-refractivity contribution is 5.62. The van der Waals surface area contributed by atoms with Crippen LogP contribution in [0, 0.1) is 0 Å². The molecule has 0 aliphatic heterocycles. The van der Waals surface area contributed by atoms with Crippen LogP contribution in [-0.4, -0.2) is 36.4 Å². The third-order valence-electron chi connectivity index (χ3n) is 3.35. The predicted molar refractivity (Wildman–Crippen MR) is 90.9 cm³/mol. The fourth-order valence-corrected chi connectivity index (χ4v) is 2.13. The van der Waals surface area contributed by atoms with E-state index in [4.69, 9.17) is 25.7 Å². The summed E-state index contributed by atoms with van der Waals surface area (Å²) in [6, 6.07) is 3.33. The predicted octanol–water partition coefficient (Wildman–Crippen LogP) is 1.41. The molecule has 128 valence electrons. The molecule has 0 fully saturated rings. The number of benzene rings is 1. The first-order valence-electron chi connectivity index (χ1n) is 7.04. The first-order valence-corrected chi connectivity index (χ1v) is 7.04. The van der Waals surface area contributed by atoms with Gasteiger partial charge >= 0.3 is 0 Å². The van der Waals surface area contributed by atoms with Gasteiger partial charge in [-0.1, -0.05) is 12.2 Å². The number of nitrogen functional groups attached to an aromatic ring is 2. The number of methoxy groups -OCH3 is 3. The van der Waals surface area contributed by atoms with Crippen molar-refractivity contribution >= 4 is 17.8 Å². The average Bonchev–Trinajstić information content (AvgIpc) is 2.59. The van der Waals surface area contributed by atoms with Crippen molar-refractivity contribution in [1.29, 1.82) is 0 Å². The van der Waals surface area contributed by atoms with Crippen LogP contribution in [0.4, 0.5) is 11.8 Å². The molecule has 24 heavy (non-hydrogen) atoms. The minimum absolute atomic E-state index is 0.0924. The van der Waals surface area contributed by atoms with E-state index < -0.39 is 6.10 Å². The van der Waals surface area contributed by atoms with Gasteiger partial charge in [0.25, 0.3) is 0 Å². The molecule has 0 saturated carbocycles. The van der Waals surface area contributed by atoms with Crippen LogP contribution in [0.5, 0.6) is 17.2 Å². The van der Waals surface area contributed by atoms with Crippen molar-refractivity contribution in [1.82, 2.24) is 9.97 Å². The smallest absolute Gasteiger partial charge is 0.221 e. The van der Waals surface area contributed by atoms with E-state index in [1.165, 1.54) is 27.5 Å². The van der Waals surface area contributed by atoms with E-state index in [1.54, 1.807) is 24.3 Å². The molecular formula is C16H20N4O4. The summed E-state index contributed by atoms with van der Waals surface area (Å²) in [5, 5.41) is 10.4. The Morgan fingerprint density at radius 3 is 2.21 bits per heavy atom. The van der Waals surface area contributed by atoms with Crippen LogP contribution in [0.3, 0.4) is 0 Å². The third-order valence-corrected chi connectivity index (χ3v) is 3.35. The summed E-state index contributed by atoms with van der Waals surface area (Å²) in [4.78, 5) is 7.72. The maximum absolute atomic E-state index is 10.4. The summed E-state index contributed by atoms with van der Waals surface area (Å²) in [5.41, 5.74) is 12.3. The van der Waals surface area contributed by atoms with Crippen LogP contribution >= 0.6 is 0 Å². The van der Waals surface area contributed by atoms with Crippen LogP contribution < -0.4 is 25.7 Å². The fraction of sp³-hybridized carbons (Fsp3) is 0.250. The van der Waals surface area contributed by atoms with Crippen molar-refractivity contribution in [3.05, 3.63) is 35.5 Å². The summed E-state index contributed by atoms with van der Waals surface area (Å²) < 4.78 is 15.8. The monoisotopic (exact) mass is 332 g/mol. The van der Waals surface area contributed by atoms with Crippen molar-refractivity contribution in [3.8, 4) is 17.2 Å². The normalized spacial score (nSPS) is 12.2. The highest BCUT2D eigenvalue weighted by atomic mass is 16.5. The molecule has 0 bridgehead atoms. The highest BCUT2D eigenvalue weighted by Gasteiger charge is 2.16. The van der Waals surface area contributed by atoms with Crippen molar-refractivity contribution < 1.29 is 19.3 Å². The number of anilines is 2. The Balaban J connectivity index is 2.32. The van der Waals surface area contributed by atoms with Crippen LogP contribution in [0.25, 0.3) is 6.08 Å². The number of aromatic nitrogens is 2. The first-order chi connectivity index (χ1) is 11.5. The Morgan fingerprint density at radius 1 is 1.08 bits per heavy atom. The molecular weight excluding hydrogens is 312 g/mol. The summed E-state index contributed by atoms with van der Waals surface area (Å²) in [6.07, 6.45) is 3.72. The Morgan fingerprint density at radius 2 is 1.71 bits per heavy atom. The lowest BCUT2D eigenvalue weighted by Crippen LogP contribution is -2.01. The average molecular weight is 332 g/mol. The molecule has 1 aromatic heterocycles. The number of nitrogens with two attached hydrogens (primary N) is 2. The molecule has 2 rings (SSSR count). The molecule has 1 atom stereocenters. The van der Waals surface area contributed by atoms with Gasteiger partial charge in [0.15, 0.2) is 11.5 Å². The van der Waals surface area contributed by atoms with Crippen molar-refractivity contribution in [3.63, 3.8) is 0 Å². The zero-order valence-corrected chi connectivity index (χ0v) is 13.7. The van der Waals surface area contributed by atoms with Gasteiger partial charge in [0.1, 0.15) is 5.82 Å². The largest absolute Gasteiger partial charge is 0.493 e. The molecule has 0 radical (unpaired) electrons. The molecule has 0 aliphatic carbocycles. The quantitative estimate of drug-likeness (QED) is 0.725. The topological polar surface area (TPSA) is 126 Å². The van der Waals surface area contributed by atoms with Crippen LogP contribution in [0.15, 0.2) is 24.4 Å². The van der Waals surface area contributed by atoms with Crippen molar-refractivity contribution in [2.24, 2.45) is 0 Å². The molecule has 1 aromatic carbocycles. The molecule has 0 amide bonds. The molecule has 5 N–H and O–H groups in total. The van der Waals surface area contributed by atoms with Gasteiger partial charge in [-0.05, 0) is 17.7 Å². The van der Waals surface area contributed by atoms with Crippen molar-refractivity contribution in [2.45, 2.75) is 6.10 Å². The zero-order chi connectivity index (χ0) is 17.7. The Bertz CT molecular complexity index is 724. The standard InChI is InChI=1S/C16H20N4O4/c1-22-12-6-10(7-13(23-2)14(12)24-3)11(21)5-4-9-8-19-16(18)20-15(9)17/h4-8,11,21H,1-3H3,(H4,17,18,19,20). The second-order valence-electron chi connectivity index (χ2n) is 4.83. The number of nitrogens with zero attached hydrogens (tertiary/aromatic N) is 2. The van der Waals surface area contributed by atoms with Gasteiger partial charge in [0.2, 0.25) is 11.7 Å². The van der Waals surface area contributed by atoms with Gasteiger partial charge in [-0.15, -0.1) is 0 Å². The van der Waals surface area contributed by atoms with E-state index in [-0.39, 0.29) is 11.8 Å². The highest BCUT2D eigenvalue weighted by Crippen LogP contribution is 2.39. The number of hydrogen-bond acceptors (Lipinski definition) is 8. The van der Waals surface area contributed by atoms with Crippen molar-refractivity contribution in [2.75, 3.05) is 32.8 Å². The number of aliphatic hydroxyl groups excluding tert-OH is 1. The lowest BCUT2D eigenvalue weighted by molar-refractivity contribution is 0.227. The minimum atomic E-state index is -0.921. The first kappa shape index (κ1) is 17.4. The van der Waals surface area contributed by atoms with E-state index in [0.29, 0.717) is 28.4 Å². The van der Waals surface area contributed by atoms with Crippen LogP contribution in [0.2, 0.25) is 0 Å². The summed E-state index contributed by atoms with van der Waals surface area (Å²) in [7, 11) is 4.53. The summed E-state index contributed by atoms with van der Waals surface area (Å²) in [6.45, 7) is 0. The van der Waals surface area contributed by atoms with E-state index in [1.807, 2.05) is 0 Å². The van der Waals surface area contributed by atoms with E-state index in [2.05, 4.69) is 9.97 Å². The lowest BCUT2D eigenvalue weighted by Gasteiger charge is -2.15. The number of rotatable bonds is 6. The second-order valence-corrected chi connectivity index (χ2v) is 4.83. The Hall–Kier alpha value is -3.00. The van der Waals surface area contributed by atoms with Gasteiger partial charge in [0, 0.05) is 11.8 Å². The number of ether oxygens (including phenoxy) is 3. The lowest BCUT2D eigenvalue weighted by atomic mass is 10.1. The Kier molecular flexibility index (Phi) is 5.43. The van der Waals surface area contributed by atoms with Gasteiger partial charge in [-0.2, -0.15) is 4.98 Å². The van der Waals surface area contributed by atoms with Gasteiger partial charge in [-0.25, -0.2) is 4.98 Å². The van der Waals surface area contributed by atoms with Gasteiger partial charge in [-0.3, -0.25) is 0 Å². The van der Waals surface area contributed by atoms with E-state index in [0.717, 1.165) is 0 Å². The Labute approximate surface area is 139 Å². The molecule has 1 unspecified atom stereocenters. The maximum atomic E-state index is 10.4. The molecule has 0 spiro atoms. The SMILES string of the molecule is COc1cc(C(O)C=Cc2cnc(N)nc2N)cc(OC)c1OC. The molecule has 0 aliphatic rings. The molecule has 1 heterocycles. The zero-order valence-electron chi connectivity index (χ0n) is 13.7. The number of aliphatic hydroxyl groups is 1. The second kappa shape index (κ2) is 7.51. The van der Waals surface area contributed by atoms with Gasteiger partial charge < -0.3 is 30.8 Å². The van der Waals surface area contributed by atoms with E-state index >= 15 is 0 Å². The summed E-state index contributed by atoms with van der Waals surface area (Å²) >= 11 is 0. The molecule has 8 nitrogen and oxygen atoms in total. The molecule has 2 aromatic rings. The maximum Gasteiger partial charge on any atom is 0.221 e. The number of hydrogen-bond donors (Lipinski definition) is 3. The van der Waals surface area contributed by atoms with Crippen LogP contribution in [0.1, 0.15) is 17.2 Å². The van der Waals surface area contributed by atoms with Crippen LogP contribution in [-0.2, 0) is 0 Å². The third kappa shape index (κ3) is 3.66. The van der Waals surface area contributed by atoms with E-state index in [9.17, 15) is 5.11 Å². The van der Waals surface area contributed by atoms with Gasteiger partial charge in [0.05, 0.1) is 27.4 Å². The molecule has 0 saturated heterocycles. The summed E-state index contributed by atoms with van der Waals surface area (Å²) in [5.74, 6) is 1.69. The molecule has 8 heteroatoms. The minimum Gasteiger partial charge on any atom is -0.493 e. The fourth-order valence-electron chi connectivity index (χ4n) is 2.13.